The largest absolute Gasteiger partial charge is 0.374 e. The molecule has 6 nitrogen and oxygen atoms in total. The molecule has 2 amide bonds. The second-order valence-corrected chi connectivity index (χ2v) is 6.74. The van der Waals surface area contributed by atoms with E-state index in [4.69, 9.17) is 10.00 Å². The number of likely N-dealkylation sites (tertiary alicyclic amines) is 1. The van der Waals surface area contributed by atoms with Gasteiger partial charge in [0, 0.05) is 39.8 Å². The molecule has 2 heterocycles. The lowest BCUT2D eigenvalue weighted by atomic mass is 10.0. The number of nitrogens with zero attached hydrogens (tertiary/aromatic N) is 3. The molecule has 0 radical (unpaired) electrons. The van der Waals surface area contributed by atoms with Crippen molar-refractivity contribution in [2.75, 3.05) is 27.2 Å². The smallest absolute Gasteiger partial charge is 0.317 e. The van der Waals surface area contributed by atoms with Gasteiger partial charge in [-0.3, -0.25) is 4.90 Å². The Labute approximate surface area is 143 Å². The second-order valence-electron chi connectivity index (χ2n) is 6.74. The molecule has 0 saturated carbocycles. The maximum absolute atomic E-state index is 12.0. The number of nitrogens with one attached hydrogen (secondary N) is 1. The van der Waals surface area contributed by atoms with E-state index in [9.17, 15) is 4.79 Å². The first-order chi connectivity index (χ1) is 11.6. The lowest BCUT2D eigenvalue weighted by molar-refractivity contribution is -0.0207. The van der Waals surface area contributed by atoms with Crippen molar-refractivity contribution in [2.24, 2.45) is 0 Å². The Balaban J connectivity index is 1.73. The number of urea groups is 1. The van der Waals surface area contributed by atoms with E-state index < -0.39 is 0 Å². The van der Waals surface area contributed by atoms with Crippen molar-refractivity contribution >= 4 is 6.03 Å². The first-order valence-electron chi connectivity index (χ1n) is 8.41. The van der Waals surface area contributed by atoms with Gasteiger partial charge in [-0.1, -0.05) is 12.1 Å². The summed E-state index contributed by atoms with van der Waals surface area (Å²) in [5.41, 5.74) is 1.80. The van der Waals surface area contributed by atoms with E-state index in [0.717, 1.165) is 38.1 Å². The van der Waals surface area contributed by atoms with Crippen molar-refractivity contribution in [2.45, 2.75) is 37.6 Å². The van der Waals surface area contributed by atoms with Crippen LogP contribution in [-0.4, -0.2) is 61.3 Å². The Morgan fingerprint density at radius 3 is 3.08 bits per heavy atom. The van der Waals surface area contributed by atoms with Crippen LogP contribution in [0.2, 0.25) is 0 Å². The van der Waals surface area contributed by atoms with Crippen LogP contribution in [0.5, 0.6) is 0 Å². The summed E-state index contributed by atoms with van der Waals surface area (Å²) in [6.45, 7) is 2.30. The first-order valence-corrected chi connectivity index (χ1v) is 8.41. The molecule has 1 N–H and O–H groups in total. The second kappa shape index (κ2) is 7.20. The standard InChI is InChI=1S/C18H24N4O2/c1-21(2)18(23)20-15-12-22(16-7-4-8-24-17(15)16)11-14-6-3-5-13(9-14)10-19/h3,5-6,9,15-17H,4,7-8,11-12H2,1-2H3,(H,20,23)/t15-,16+,17+/m0/s1. The van der Waals surface area contributed by atoms with Gasteiger partial charge in [0.2, 0.25) is 0 Å². The first kappa shape index (κ1) is 16.7. The number of rotatable bonds is 3. The lowest BCUT2D eigenvalue weighted by Crippen LogP contribution is -2.50. The quantitative estimate of drug-likeness (QED) is 0.914. The van der Waals surface area contributed by atoms with Crippen LogP contribution in [-0.2, 0) is 11.3 Å². The number of fused-ring (bicyclic) bond motifs is 1. The average molecular weight is 328 g/mol. The zero-order valence-electron chi connectivity index (χ0n) is 14.2. The molecule has 128 valence electrons. The van der Waals surface area contributed by atoms with Gasteiger partial charge in [-0.2, -0.15) is 5.26 Å². The molecule has 2 aliphatic heterocycles. The van der Waals surface area contributed by atoms with Crippen molar-refractivity contribution < 1.29 is 9.53 Å². The van der Waals surface area contributed by atoms with Crippen LogP contribution in [0.4, 0.5) is 4.79 Å². The Bertz CT molecular complexity index is 640. The molecule has 0 aliphatic carbocycles. The fraction of sp³-hybridized carbons (Fsp3) is 0.556. The van der Waals surface area contributed by atoms with Gasteiger partial charge in [-0.05, 0) is 30.5 Å². The summed E-state index contributed by atoms with van der Waals surface area (Å²) in [6, 6.07) is 10.2. The molecule has 1 aromatic rings. The third-order valence-corrected chi connectivity index (χ3v) is 4.79. The Morgan fingerprint density at radius 1 is 1.50 bits per heavy atom. The Morgan fingerprint density at radius 2 is 2.33 bits per heavy atom. The van der Waals surface area contributed by atoms with Crippen LogP contribution in [0.3, 0.4) is 0 Å². The predicted octanol–water partition coefficient (Wildman–Crippen LogP) is 1.56. The number of nitriles is 1. The summed E-state index contributed by atoms with van der Waals surface area (Å²) in [7, 11) is 3.49. The minimum atomic E-state index is -0.0822. The number of amides is 2. The number of hydrogen-bond acceptors (Lipinski definition) is 4. The van der Waals surface area contributed by atoms with E-state index in [0.29, 0.717) is 11.6 Å². The van der Waals surface area contributed by atoms with Crippen LogP contribution in [0.25, 0.3) is 0 Å². The highest BCUT2D eigenvalue weighted by atomic mass is 16.5. The number of hydrogen-bond donors (Lipinski definition) is 1. The van der Waals surface area contributed by atoms with Gasteiger partial charge in [0.05, 0.1) is 23.8 Å². The highest BCUT2D eigenvalue weighted by molar-refractivity contribution is 5.74. The van der Waals surface area contributed by atoms with Gasteiger partial charge in [-0.15, -0.1) is 0 Å². The van der Waals surface area contributed by atoms with E-state index in [1.165, 1.54) is 0 Å². The van der Waals surface area contributed by atoms with E-state index in [2.05, 4.69) is 16.3 Å². The maximum atomic E-state index is 12.0. The minimum absolute atomic E-state index is 0.00403. The minimum Gasteiger partial charge on any atom is -0.374 e. The number of ether oxygens (including phenoxy) is 1. The summed E-state index contributed by atoms with van der Waals surface area (Å²) in [4.78, 5) is 16.0. The van der Waals surface area contributed by atoms with E-state index in [1.54, 1.807) is 19.0 Å². The van der Waals surface area contributed by atoms with Crippen LogP contribution in [0, 0.1) is 11.3 Å². The van der Waals surface area contributed by atoms with Crippen LogP contribution in [0.1, 0.15) is 24.0 Å². The lowest BCUT2D eigenvalue weighted by Gasteiger charge is -2.32. The molecule has 2 aliphatic rings. The molecule has 2 saturated heterocycles. The highest BCUT2D eigenvalue weighted by Crippen LogP contribution is 2.30. The summed E-state index contributed by atoms with van der Waals surface area (Å²) in [5, 5.41) is 12.2. The zero-order valence-corrected chi connectivity index (χ0v) is 14.2. The summed E-state index contributed by atoms with van der Waals surface area (Å²) >= 11 is 0. The fourth-order valence-electron chi connectivity index (χ4n) is 3.62. The van der Waals surface area contributed by atoms with E-state index in [-0.39, 0.29) is 18.2 Å². The fourth-order valence-corrected chi connectivity index (χ4v) is 3.62. The van der Waals surface area contributed by atoms with Crippen molar-refractivity contribution in [1.82, 2.24) is 15.1 Å². The zero-order chi connectivity index (χ0) is 17.1. The van der Waals surface area contributed by atoms with Gasteiger partial charge < -0.3 is 15.0 Å². The molecule has 1 aromatic carbocycles. The van der Waals surface area contributed by atoms with Crippen LogP contribution >= 0.6 is 0 Å². The van der Waals surface area contributed by atoms with E-state index in [1.807, 2.05) is 24.3 Å². The maximum Gasteiger partial charge on any atom is 0.317 e. The Kier molecular flexibility index (Phi) is 5.03. The molecule has 0 aromatic heterocycles. The number of carbonyl (C=O) groups is 1. The molecule has 0 bridgehead atoms. The van der Waals surface area contributed by atoms with Crippen molar-refractivity contribution in [3.05, 3.63) is 35.4 Å². The number of carbonyl (C=O) groups excluding carboxylic acids is 1. The molecule has 2 fully saturated rings. The molecular weight excluding hydrogens is 304 g/mol. The topological polar surface area (TPSA) is 68.6 Å². The van der Waals surface area contributed by atoms with Gasteiger partial charge in [0.15, 0.2) is 0 Å². The van der Waals surface area contributed by atoms with Crippen molar-refractivity contribution in [3.8, 4) is 6.07 Å². The van der Waals surface area contributed by atoms with Crippen molar-refractivity contribution in [3.63, 3.8) is 0 Å². The third kappa shape index (κ3) is 3.53. The SMILES string of the molecule is CN(C)C(=O)N[C@H]1CN(Cc2cccc(C#N)c2)[C@@H]2CCCO[C@H]12. The summed E-state index contributed by atoms with van der Waals surface area (Å²) in [5.74, 6) is 0. The normalized spacial score (nSPS) is 26.5. The summed E-state index contributed by atoms with van der Waals surface area (Å²) < 4.78 is 5.98. The molecule has 6 heteroatoms. The van der Waals surface area contributed by atoms with Gasteiger partial charge in [0.25, 0.3) is 0 Å². The van der Waals surface area contributed by atoms with Gasteiger partial charge in [-0.25, -0.2) is 4.79 Å². The molecule has 0 unspecified atom stereocenters. The Hall–Kier alpha value is -2.10. The van der Waals surface area contributed by atoms with Gasteiger partial charge >= 0.3 is 6.03 Å². The average Bonchev–Trinajstić information content (AvgIpc) is 2.93. The third-order valence-electron chi connectivity index (χ3n) is 4.79. The molecule has 0 spiro atoms. The highest BCUT2D eigenvalue weighted by Gasteiger charge is 2.44. The van der Waals surface area contributed by atoms with Crippen molar-refractivity contribution in [1.29, 1.82) is 5.26 Å². The van der Waals surface area contributed by atoms with E-state index >= 15 is 0 Å². The van der Waals surface area contributed by atoms with Crippen LogP contribution < -0.4 is 5.32 Å². The molecule has 3 rings (SSSR count). The predicted molar refractivity (Wildman–Crippen MR) is 90.3 cm³/mol. The summed E-state index contributed by atoms with van der Waals surface area (Å²) in [6.07, 6.45) is 2.17. The molecular formula is C18H24N4O2. The molecule has 3 atom stereocenters. The monoisotopic (exact) mass is 328 g/mol. The number of benzene rings is 1. The molecule has 24 heavy (non-hydrogen) atoms. The van der Waals surface area contributed by atoms with Gasteiger partial charge in [0.1, 0.15) is 0 Å². The van der Waals surface area contributed by atoms with Crippen LogP contribution in [0.15, 0.2) is 24.3 Å².